The summed E-state index contributed by atoms with van der Waals surface area (Å²) >= 11 is 0. The molecule has 0 aliphatic carbocycles. The molecule has 0 amide bonds. The van der Waals surface area contributed by atoms with Crippen molar-refractivity contribution < 1.29 is 0 Å². The van der Waals surface area contributed by atoms with Crippen LogP contribution in [0, 0.1) is 6.92 Å². The van der Waals surface area contributed by atoms with E-state index in [1.54, 1.807) is 0 Å². The molecule has 0 saturated heterocycles. The Morgan fingerprint density at radius 1 is 1.16 bits per heavy atom. The first-order chi connectivity index (χ1) is 12.0. The summed E-state index contributed by atoms with van der Waals surface area (Å²) in [4.78, 5) is 6.57. The van der Waals surface area contributed by atoms with Crippen LogP contribution in [0.2, 0.25) is 0 Å². The number of fused-ring (bicyclic) bond motifs is 3. The highest BCUT2D eigenvalue weighted by Gasteiger charge is 2.28. The average Bonchev–Trinajstić information content (AvgIpc) is 2.87. The van der Waals surface area contributed by atoms with Crippen LogP contribution in [0.1, 0.15) is 35.2 Å². The Balaban J connectivity index is 1.86. The summed E-state index contributed by atoms with van der Waals surface area (Å²) in [6.45, 7) is 6.46. The molecule has 0 fully saturated rings. The Morgan fingerprint density at radius 3 is 2.68 bits per heavy atom. The summed E-state index contributed by atoms with van der Waals surface area (Å²) in [5.41, 5.74) is 8.18. The largest absolute Gasteiger partial charge is 0.347 e. The molecule has 1 aromatic carbocycles. The van der Waals surface area contributed by atoms with Crippen LogP contribution in [0.5, 0.6) is 0 Å². The maximum Gasteiger partial charge on any atom is 0.0483 e. The first kappa shape index (κ1) is 16.1. The molecule has 3 heterocycles. The second-order valence-corrected chi connectivity index (χ2v) is 7.33. The van der Waals surface area contributed by atoms with Gasteiger partial charge in [-0.15, -0.1) is 0 Å². The molecule has 128 valence electrons. The Bertz CT molecular complexity index is 950. The van der Waals surface area contributed by atoms with Crippen molar-refractivity contribution in [2.75, 3.05) is 13.6 Å². The van der Waals surface area contributed by atoms with Crippen molar-refractivity contribution in [1.29, 1.82) is 0 Å². The van der Waals surface area contributed by atoms with Crippen LogP contribution < -0.4 is 0 Å². The van der Waals surface area contributed by atoms with Gasteiger partial charge in [-0.25, -0.2) is 0 Å². The van der Waals surface area contributed by atoms with Gasteiger partial charge in [0, 0.05) is 55.0 Å². The molecule has 0 radical (unpaired) electrons. The lowest BCUT2D eigenvalue weighted by Crippen LogP contribution is -2.30. The summed E-state index contributed by atoms with van der Waals surface area (Å²) in [6, 6.07) is 11.0. The van der Waals surface area contributed by atoms with Crippen molar-refractivity contribution in [3.63, 3.8) is 0 Å². The Hall–Kier alpha value is -2.39. The fraction of sp³-hybridized carbons (Fsp3) is 0.318. The summed E-state index contributed by atoms with van der Waals surface area (Å²) in [7, 11) is 4.44. The molecule has 0 bridgehead atoms. The van der Waals surface area contributed by atoms with Gasteiger partial charge < -0.3 is 9.47 Å². The molecule has 1 aliphatic rings. The standard InChI is InChI=1S/C22H25N3/c1-15-5-6-21-19(11-15)20-14-24(3)13-18(22(20)25(21)4)12-16(2)17-7-9-23-10-8-17/h5-12,18H,13-14H2,1-4H3/b16-12+. The Kier molecular flexibility index (Phi) is 3.97. The van der Waals surface area contributed by atoms with Crippen molar-refractivity contribution in [2.45, 2.75) is 26.3 Å². The van der Waals surface area contributed by atoms with Gasteiger partial charge in [-0.1, -0.05) is 17.7 Å². The van der Waals surface area contributed by atoms with Crippen LogP contribution in [-0.4, -0.2) is 28.0 Å². The van der Waals surface area contributed by atoms with E-state index in [9.17, 15) is 0 Å². The van der Waals surface area contributed by atoms with Gasteiger partial charge in [0.15, 0.2) is 0 Å². The quantitative estimate of drug-likeness (QED) is 0.689. The number of benzene rings is 1. The molecule has 3 aromatic rings. The lowest BCUT2D eigenvalue weighted by Gasteiger charge is -2.30. The van der Waals surface area contributed by atoms with Crippen molar-refractivity contribution in [1.82, 2.24) is 14.5 Å². The van der Waals surface area contributed by atoms with E-state index in [0.717, 1.165) is 13.1 Å². The summed E-state index contributed by atoms with van der Waals surface area (Å²) in [6.07, 6.45) is 6.16. The number of aromatic nitrogens is 2. The van der Waals surface area contributed by atoms with Crippen LogP contribution in [0.15, 0.2) is 48.8 Å². The van der Waals surface area contributed by atoms with E-state index in [1.807, 2.05) is 12.4 Å². The monoisotopic (exact) mass is 331 g/mol. The van der Waals surface area contributed by atoms with Crippen LogP contribution in [0.4, 0.5) is 0 Å². The normalized spacial score (nSPS) is 18.6. The summed E-state index contributed by atoms with van der Waals surface area (Å²) in [5, 5.41) is 1.41. The molecule has 1 atom stereocenters. The topological polar surface area (TPSA) is 21.1 Å². The van der Waals surface area contributed by atoms with Gasteiger partial charge in [0.05, 0.1) is 0 Å². The van der Waals surface area contributed by atoms with Gasteiger partial charge in [-0.2, -0.15) is 0 Å². The summed E-state index contributed by atoms with van der Waals surface area (Å²) in [5.74, 6) is 0.402. The summed E-state index contributed by atoms with van der Waals surface area (Å²) < 4.78 is 2.40. The third-order valence-electron chi connectivity index (χ3n) is 5.38. The average molecular weight is 331 g/mol. The molecule has 3 nitrogen and oxygen atoms in total. The fourth-order valence-electron chi connectivity index (χ4n) is 4.19. The maximum absolute atomic E-state index is 4.13. The number of allylic oxidation sites excluding steroid dienone is 1. The zero-order valence-electron chi connectivity index (χ0n) is 15.5. The Labute approximate surface area is 149 Å². The van der Waals surface area contributed by atoms with E-state index in [4.69, 9.17) is 0 Å². The van der Waals surface area contributed by atoms with Crippen molar-refractivity contribution in [2.24, 2.45) is 7.05 Å². The zero-order chi connectivity index (χ0) is 17.6. The van der Waals surface area contributed by atoms with E-state index in [-0.39, 0.29) is 0 Å². The molecule has 0 saturated carbocycles. The van der Waals surface area contributed by atoms with E-state index in [0.29, 0.717) is 5.92 Å². The number of likely N-dealkylation sites (N-methyl/N-ethyl adjacent to an activating group) is 1. The van der Waals surface area contributed by atoms with Gasteiger partial charge >= 0.3 is 0 Å². The van der Waals surface area contributed by atoms with Gasteiger partial charge in [0.2, 0.25) is 0 Å². The molecule has 0 N–H and O–H groups in total. The van der Waals surface area contributed by atoms with Gasteiger partial charge in [-0.3, -0.25) is 4.98 Å². The highest BCUT2D eigenvalue weighted by Crippen LogP contribution is 2.37. The van der Waals surface area contributed by atoms with Crippen molar-refractivity contribution in [3.8, 4) is 0 Å². The van der Waals surface area contributed by atoms with E-state index >= 15 is 0 Å². The van der Waals surface area contributed by atoms with Gasteiger partial charge in [0.1, 0.15) is 0 Å². The minimum absolute atomic E-state index is 0.402. The fourth-order valence-corrected chi connectivity index (χ4v) is 4.19. The molecule has 1 unspecified atom stereocenters. The number of aryl methyl sites for hydroxylation is 2. The van der Waals surface area contributed by atoms with Crippen molar-refractivity contribution in [3.05, 3.63) is 71.2 Å². The second kappa shape index (κ2) is 6.16. The lowest BCUT2D eigenvalue weighted by molar-refractivity contribution is 0.295. The van der Waals surface area contributed by atoms with Crippen LogP contribution in [0.25, 0.3) is 16.5 Å². The molecule has 25 heavy (non-hydrogen) atoms. The third-order valence-corrected chi connectivity index (χ3v) is 5.38. The molecule has 4 rings (SSSR count). The highest BCUT2D eigenvalue weighted by molar-refractivity contribution is 5.87. The molecule has 2 aromatic heterocycles. The maximum atomic E-state index is 4.13. The predicted molar refractivity (Wildman–Crippen MR) is 105 cm³/mol. The lowest BCUT2D eigenvalue weighted by atomic mass is 9.92. The van der Waals surface area contributed by atoms with E-state index in [2.05, 4.69) is 78.8 Å². The van der Waals surface area contributed by atoms with E-state index in [1.165, 1.54) is 38.9 Å². The highest BCUT2D eigenvalue weighted by atomic mass is 15.1. The minimum atomic E-state index is 0.402. The minimum Gasteiger partial charge on any atom is -0.347 e. The second-order valence-electron chi connectivity index (χ2n) is 7.33. The zero-order valence-corrected chi connectivity index (χ0v) is 15.5. The number of hydrogen-bond acceptors (Lipinski definition) is 2. The van der Waals surface area contributed by atoms with Crippen LogP contribution >= 0.6 is 0 Å². The number of rotatable bonds is 2. The predicted octanol–water partition coefficient (Wildman–Crippen LogP) is 4.51. The van der Waals surface area contributed by atoms with Crippen LogP contribution in [-0.2, 0) is 13.6 Å². The third kappa shape index (κ3) is 2.79. The Morgan fingerprint density at radius 2 is 1.92 bits per heavy atom. The van der Waals surface area contributed by atoms with E-state index < -0.39 is 0 Å². The molecule has 3 heteroatoms. The number of pyridine rings is 1. The van der Waals surface area contributed by atoms with Gasteiger partial charge in [-0.05, 0) is 61.9 Å². The SMILES string of the molecule is C/C(=C\C1CN(C)Cc2c1n(C)c1ccc(C)cc21)c1ccncc1. The molecule has 0 spiro atoms. The van der Waals surface area contributed by atoms with Gasteiger partial charge in [0.25, 0.3) is 0 Å². The van der Waals surface area contributed by atoms with Crippen LogP contribution in [0.3, 0.4) is 0 Å². The first-order valence-electron chi connectivity index (χ1n) is 8.90. The first-order valence-corrected chi connectivity index (χ1v) is 8.90. The molecular weight excluding hydrogens is 306 g/mol. The van der Waals surface area contributed by atoms with Crippen molar-refractivity contribution >= 4 is 16.5 Å². The number of nitrogens with zero attached hydrogens (tertiary/aromatic N) is 3. The smallest absolute Gasteiger partial charge is 0.0483 e. The number of hydrogen-bond donors (Lipinski definition) is 0. The molecular formula is C22H25N3. The molecule has 1 aliphatic heterocycles.